The van der Waals surface area contributed by atoms with Crippen molar-refractivity contribution in [1.29, 1.82) is 0 Å². The van der Waals surface area contributed by atoms with Crippen molar-refractivity contribution in [3.05, 3.63) is 58.9 Å². The minimum absolute atomic E-state index is 0.167. The van der Waals surface area contributed by atoms with E-state index in [0.717, 1.165) is 12.0 Å². The van der Waals surface area contributed by atoms with Crippen LogP contribution in [0.5, 0.6) is 5.75 Å². The molecule has 2 amide bonds. The first-order valence-corrected chi connectivity index (χ1v) is 8.28. The lowest BCUT2D eigenvalue weighted by Gasteiger charge is -2.09. The molecule has 0 spiro atoms. The number of phenols is 1. The zero-order chi connectivity index (χ0) is 18.0. The molecule has 3 N–H and O–H groups in total. The normalized spacial score (nSPS) is 18.5. The summed E-state index contributed by atoms with van der Waals surface area (Å²) < 4.78 is 0. The molecule has 0 saturated heterocycles. The topological polar surface area (TPSA) is 91.3 Å². The molecule has 1 fully saturated rings. The number of nitrogens with one attached hydrogen (secondary N) is 2. The van der Waals surface area contributed by atoms with E-state index in [1.54, 1.807) is 24.3 Å². The van der Waals surface area contributed by atoms with Crippen molar-refractivity contribution in [2.45, 2.75) is 25.8 Å². The zero-order valence-electron chi connectivity index (χ0n) is 14.2. The van der Waals surface area contributed by atoms with E-state index in [1.165, 1.54) is 13.1 Å². The highest BCUT2D eigenvalue weighted by Crippen LogP contribution is 2.29. The van der Waals surface area contributed by atoms with E-state index in [4.69, 9.17) is 0 Å². The fourth-order valence-corrected chi connectivity index (χ4v) is 2.70. The van der Waals surface area contributed by atoms with Crippen LogP contribution in [0.2, 0.25) is 0 Å². The van der Waals surface area contributed by atoms with E-state index in [1.807, 2.05) is 6.07 Å². The van der Waals surface area contributed by atoms with E-state index < -0.39 is 0 Å². The molecule has 3 rings (SSSR count). The number of carbonyl (C=O) groups excluding carboxylic acids is 2. The molecule has 1 heterocycles. The molecule has 2 aromatic rings. The van der Waals surface area contributed by atoms with Gasteiger partial charge < -0.3 is 15.7 Å². The van der Waals surface area contributed by atoms with Gasteiger partial charge in [0.25, 0.3) is 11.8 Å². The molecule has 130 valence electrons. The fraction of sp³-hybridized carbons (Fsp3) is 0.316. The molecule has 1 aliphatic rings. The smallest absolute Gasteiger partial charge is 0.269 e. The summed E-state index contributed by atoms with van der Waals surface area (Å²) in [4.78, 5) is 28.8. The summed E-state index contributed by atoms with van der Waals surface area (Å²) in [5.74, 6) is 0.127. The second kappa shape index (κ2) is 6.93. The van der Waals surface area contributed by atoms with E-state index in [2.05, 4.69) is 22.5 Å². The fourth-order valence-electron chi connectivity index (χ4n) is 2.70. The molecule has 6 nitrogen and oxygen atoms in total. The maximum atomic E-state index is 12.5. The third kappa shape index (κ3) is 4.15. The SMILES string of the molecule is CNC(=O)c1cc(C(=O)N[C@H]2C[C@@H]2C)cc(Cc2cccc(O)c2)n1. The highest BCUT2D eigenvalue weighted by Gasteiger charge is 2.34. The quantitative estimate of drug-likeness (QED) is 0.775. The average Bonchev–Trinajstić information content (AvgIpc) is 3.28. The number of benzene rings is 1. The summed E-state index contributed by atoms with van der Waals surface area (Å²) in [5.41, 5.74) is 2.07. The van der Waals surface area contributed by atoms with Crippen LogP contribution < -0.4 is 10.6 Å². The molecule has 0 radical (unpaired) electrons. The Hall–Kier alpha value is -2.89. The van der Waals surface area contributed by atoms with E-state index >= 15 is 0 Å². The third-order valence-corrected chi connectivity index (χ3v) is 4.32. The molecule has 0 aliphatic heterocycles. The first kappa shape index (κ1) is 17.0. The predicted molar refractivity (Wildman–Crippen MR) is 93.6 cm³/mol. The van der Waals surface area contributed by atoms with E-state index in [9.17, 15) is 14.7 Å². The van der Waals surface area contributed by atoms with Gasteiger partial charge in [0.1, 0.15) is 11.4 Å². The maximum absolute atomic E-state index is 12.5. The number of nitrogens with zero attached hydrogens (tertiary/aromatic N) is 1. The molecule has 1 aromatic carbocycles. The summed E-state index contributed by atoms with van der Waals surface area (Å²) in [6.45, 7) is 2.08. The van der Waals surface area contributed by atoms with Gasteiger partial charge in [-0.05, 0) is 42.2 Å². The molecule has 0 bridgehead atoms. The van der Waals surface area contributed by atoms with Crippen LogP contribution >= 0.6 is 0 Å². The van der Waals surface area contributed by atoms with Crippen LogP contribution in [-0.4, -0.2) is 35.0 Å². The molecule has 1 aromatic heterocycles. The molecule has 1 saturated carbocycles. The van der Waals surface area contributed by atoms with Gasteiger partial charge in [-0.1, -0.05) is 19.1 Å². The Labute approximate surface area is 146 Å². The van der Waals surface area contributed by atoms with Gasteiger partial charge >= 0.3 is 0 Å². The van der Waals surface area contributed by atoms with Crippen molar-refractivity contribution in [3.8, 4) is 5.75 Å². The lowest BCUT2D eigenvalue weighted by atomic mass is 10.1. The molecule has 0 unspecified atom stereocenters. The molecule has 25 heavy (non-hydrogen) atoms. The number of hydrogen-bond donors (Lipinski definition) is 3. The number of amides is 2. The predicted octanol–water partition coefficient (Wildman–Crippen LogP) is 1.88. The van der Waals surface area contributed by atoms with Gasteiger partial charge in [-0.2, -0.15) is 0 Å². The van der Waals surface area contributed by atoms with Crippen LogP contribution in [-0.2, 0) is 6.42 Å². The van der Waals surface area contributed by atoms with Crippen molar-refractivity contribution in [2.75, 3.05) is 7.05 Å². The summed E-state index contributed by atoms with van der Waals surface area (Å²) in [6.07, 6.45) is 1.40. The summed E-state index contributed by atoms with van der Waals surface area (Å²) >= 11 is 0. The third-order valence-electron chi connectivity index (χ3n) is 4.32. The lowest BCUT2D eigenvalue weighted by Crippen LogP contribution is -2.28. The Morgan fingerprint density at radius 3 is 2.64 bits per heavy atom. The average molecular weight is 339 g/mol. The second-order valence-electron chi connectivity index (χ2n) is 6.45. The Morgan fingerprint density at radius 1 is 1.24 bits per heavy atom. The van der Waals surface area contributed by atoms with Crippen molar-refractivity contribution < 1.29 is 14.7 Å². The van der Waals surface area contributed by atoms with Crippen LogP contribution in [0.15, 0.2) is 36.4 Å². The summed E-state index contributed by atoms with van der Waals surface area (Å²) in [5, 5.41) is 15.1. The number of hydrogen-bond acceptors (Lipinski definition) is 4. The van der Waals surface area contributed by atoms with Gasteiger partial charge in [-0.3, -0.25) is 9.59 Å². The first-order valence-electron chi connectivity index (χ1n) is 8.28. The molecule has 2 atom stereocenters. The van der Waals surface area contributed by atoms with Gasteiger partial charge in [0.15, 0.2) is 0 Å². The number of pyridine rings is 1. The van der Waals surface area contributed by atoms with Crippen molar-refractivity contribution in [1.82, 2.24) is 15.6 Å². The van der Waals surface area contributed by atoms with Gasteiger partial charge in [-0.15, -0.1) is 0 Å². The van der Waals surface area contributed by atoms with Gasteiger partial charge in [0.2, 0.25) is 0 Å². The van der Waals surface area contributed by atoms with Crippen LogP contribution in [0.25, 0.3) is 0 Å². The summed E-state index contributed by atoms with van der Waals surface area (Å²) in [6, 6.07) is 10.2. The number of carbonyl (C=O) groups is 2. The van der Waals surface area contributed by atoms with Gasteiger partial charge in [0, 0.05) is 30.8 Å². The minimum Gasteiger partial charge on any atom is -0.508 e. The number of phenolic OH excluding ortho intramolecular Hbond substituents is 1. The Kier molecular flexibility index (Phi) is 4.70. The van der Waals surface area contributed by atoms with Crippen molar-refractivity contribution in [3.63, 3.8) is 0 Å². The Balaban J connectivity index is 1.89. The highest BCUT2D eigenvalue weighted by atomic mass is 16.3. The standard InChI is InChI=1S/C19H21N3O3/c1-11-6-16(11)22-18(24)13-9-14(21-17(10-13)19(25)20-2)7-12-4-3-5-15(23)8-12/h3-5,8-11,16,23H,6-7H2,1-2H3,(H,20,25)(H,22,24)/t11-,16-/m0/s1. The Morgan fingerprint density at radius 2 is 2.00 bits per heavy atom. The molecular formula is C19H21N3O3. The van der Waals surface area contributed by atoms with Crippen LogP contribution in [0.4, 0.5) is 0 Å². The van der Waals surface area contributed by atoms with Crippen LogP contribution in [0.1, 0.15) is 45.4 Å². The largest absolute Gasteiger partial charge is 0.508 e. The molecular weight excluding hydrogens is 318 g/mol. The zero-order valence-corrected chi connectivity index (χ0v) is 14.2. The number of aromatic nitrogens is 1. The van der Waals surface area contributed by atoms with E-state index in [-0.39, 0.29) is 29.3 Å². The number of rotatable bonds is 5. The van der Waals surface area contributed by atoms with Crippen LogP contribution in [0, 0.1) is 5.92 Å². The van der Waals surface area contributed by atoms with Gasteiger partial charge in [-0.25, -0.2) is 4.98 Å². The summed E-state index contributed by atoms with van der Waals surface area (Å²) in [7, 11) is 1.53. The lowest BCUT2D eigenvalue weighted by molar-refractivity contribution is 0.0949. The first-order chi connectivity index (χ1) is 12.0. The number of aromatic hydroxyl groups is 1. The Bertz CT molecular complexity index is 819. The second-order valence-corrected chi connectivity index (χ2v) is 6.45. The van der Waals surface area contributed by atoms with E-state index in [0.29, 0.717) is 23.6 Å². The van der Waals surface area contributed by atoms with Crippen molar-refractivity contribution >= 4 is 11.8 Å². The van der Waals surface area contributed by atoms with Crippen LogP contribution in [0.3, 0.4) is 0 Å². The minimum atomic E-state index is -0.341. The maximum Gasteiger partial charge on any atom is 0.269 e. The molecule has 6 heteroatoms. The molecule has 1 aliphatic carbocycles. The van der Waals surface area contributed by atoms with Crippen molar-refractivity contribution in [2.24, 2.45) is 5.92 Å². The van der Waals surface area contributed by atoms with Gasteiger partial charge in [0.05, 0.1) is 0 Å². The monoisotopic (exact) mass is 339 g/mol. The highest BCUT2D eigenvalue weighted by molar-refractivity contribution is 5.98.